The van der Waals surface area contributed by atoms with E-state index in [1.807, 2.05) is 13.8 Å². The number of hydrogen-bond donors (Lipinski definition) is 0. The highest BCUT2D eigenvalue weighted by Gasteiger charge is 2.16. The Labute approximate surface area is 74.2 Å². The highest BCUT2D eigenvalue weighted by molar-refractivity contribution is 5.90. The van der Waals surface area contributed by atoms with Crippen molar-refractivity contribution in [2.75, 3.05) is 0 Å². The van der Waals surface area contributed by atoms with Crippen LogP contribution in [0.15, 0.2) is 23.8 Å². The lowest BCUT2D eigenvalue weighted by Gasteiger charge is -2.12. The van der Waals surface area contributed by atoms with Gasteiger partial charge in [0.05, 0.1) is 0 Å². The minimum atomic E-state index is 0.262. The standard InChI is InChI=1S/C11H16O/c1-8(2)10-5-4-9(3)6-11(12)7-10/h6,10H,1,4-5,7H2,2-3H3/t10-/m1/s1. The van der Waals surface area contributed by atoms with Crippen molar-refractivity contribution in [1.82, 2.24) is 0 Å². The predicted octanol–water partition coefficient (Wildman–Crippen LogP) is 2.88. The van der Waals surface area contributed by atoms with Crippen LogP contribution in [0.1, 0.15) is 33.1 Å². The lowest BCUT2D eigenvalue weighted by molar-refractivity contribution is -0.115. The molecule has 1 rings (SSSR count). The molecule has 12 heavy (non-hydrogen) atoms. The summed E-state index contributed by atoms with van der Waals surface area (Å²) in [6.07, 6.45) is 4.57. The lowest BCUT2D eigenvalue weighted by Crippen LogP contribution is -2.04. The maximum Gasteiger partial charge on any atom is 0.156 e. The average molecular weight is 164 g/mol. The Morgan fingerprint density at radius 1 is 1.67 bits per heavy atom. The van der Waals surface area contributed by atoms with Crippen LogP contribution in [0, 0.1) is 5.92 Å². The van der Waals surface area contributed by atoms with Crippen molar-refractivity contribution in [3.63, 3.8) is 0 Å². The second-order valence-corrected chi connectivity index (χ2v) is 3.74. The molecular formula is C11H16O. The van der Waals surface area contributed by atoms with Gasteiger partial charge >= 0.3 is 0 Å². The van der Waals surface area contributed by atoms with Gasteiger partial charge in [-0.05, 0) is 38.7 Å². The molecule has 0 saturated carbocycles. The van der Waals surface area contributed by atoms with Crippen molar-refractivity contribution in [3.05, 3.63) is 23.8 Å². The molecule has 0 heterocycles. The molecule has 0 amide bonds. The highest BCUT2D eigenvalue weighted by atomic mass is 16.1. The molecule has 0 aromatic rings. The minimum absolute atomic E-state index is 0.262. The number of carbonyl (C=O) groups is 1. The summed E-state index contributed by atoms with van der Waals surface area (Å²) in [5, 5.41) is 0. The molecule has 1 atom stereocenters. The highest BCUT2D eigenvalue weighted by Crippen LogP contribution is 2.25. The van der Waals surface area contributed by atoms with Crippen LogP contribution in [0.4, 0.5) is 0 Å². The zero-order chi connectivity index (χ0) is 9.14. The van der Waals surface area contributed by atoms with Gasteiger partial charge in [-0.15, -0.1) is 0 Å². The zero-order valence-corrected chi connectivity index (χ0v) is 7.89. The monoisotopic (exact) mass is 164 g/mol. The molecule has 0 bridgehead atoms. The Balaban J connectivity index is 2.68. The molecule has 1 aliphatic carbocycles. The summed E-state index contributed by atoms with van der Waals surface area (Å²) in [7, 11) is 0. The van der Waals surface area contributed by atoms with Gasteiger partial charge in [0.15, 0.2) is 5.78 Å². The third kappa shape index (κ3) is 2.33. The molecule has 0 fully saturated rings. The summed E-state index contributed by atoms with van der Waals surface area (Å²) in [6, 6.07) is 0. The van der Waals surface area contributed by atoms with Gasteiger partial charge in [0.2, 0.25) is 0 Å². The van der Waals surface area contributed by atoms with Gasteiger partial charge in [-0.1, -0.05) is 17.7 Å². The molecule has 0 radical (unpaired) electrons. The van der Waals surface area contributed by atoms with Gasteiger partial charge in [-0.25, -0.2) is 0 Å². The quantitative estimate of drug-likeness (QED) is 0.545. The number of allylic oxidation sites excluding steroid dienone is 3. The van der Waals surface area contributed by atoms with Crippen LogP contribution in [-0.2, 0) is 4.79 Å². The van der Waals surface area contributed by atoms with Crippen molar-refractivity contribution in [2.24, 2.45) is 5.92 Å². The van der Waals surface area contributed by atoms with Gasteiger partial charge in [0.1, 0.15) is 0 Å². The number of hydrogen-bond acceptors (Lipinski definition) is 1. The Morgan fingerprint density at radius 3 is 2.92 bits per heavy atom. The van der Waals surface area contributed by atoms with Gasteiger partial charge in [-0.2, -0.15) is 0 Å². The van der Waals surface area contributed by atoms with Gasteiger partial charge in [-0.3, -0.25) is 4.79 Å². The zero-order valence-electron chi connectivity index (χ0n) is 7.89. The molecule has 0 unspecified atom stereocenters. The third-order valence-corrected chi connectivity index (χ3v) is 2.44. The number of carbonyl (C=O) groups excluding carboxylic acids is 1. The largest absolute Gasteiger partial charge is 0.295 e. The molecule has 0 aliphatic heterocycles. The maximum absolute atomic E-state index is 11.3. The molecule has 0 aromatic carbocycles. The second-order valence-electron chi connectivity index (χ2n) is 3.74. The maximum atomic E-state index is 11.3. The third-order valence-electron chi connectivity index (χ3n) is 2.44. The molecule has 0 N–H and O–H groups in total. The molecule has 1 nitrogen and oxygen atoms in total. The molecule has 0 spiro atoms. The molecule has 1 heteroatoms. The summed E-state index contributed by atoms with van der Waals surface area (Å²) < 4.78 is 0. The van der Waals surface area contributed by atoms with Crippen LogP contribution in [0.5, 0.6) is 0 Å². The van der Waals surface area contributed by atoms with E-state index >= 15 is 0 Å². The Kier molecular flexibility index (Phi) is 2.85. The second kappa shape index (κ2) is 3.70. The number of rotatable bonds is 1. The first-order valence-electron chi connectivity index (χ1n) is 4.45. The predicted molar refractivity (Wildman–Crippen MR) is 50.9 cm³/mol. The Morgan fingerprint density at radius 2 is 2.33 bits per heavy atom. The van der Waals surface area contributed by atoms with E-state index in [4.69, 9.17) is 0 Å². The van der Waals surface area contributed by atoms with E-state index in [-0.39, 0.29) is 5.78 Å². The summed E-state index contributed by atoms with van der Waals surface area (Å²) in [5.41, 5.74) is 2.36. The smallest absolute Gasteiger partial charge is 0.156 e. The molecule has 0 aromatic heterocycles. The minimum Gasteiger partial charge on any atom is -0.295 e. The van der Waals surface area contributed by atoms with E-state index in [2.05, 4.69) is 6.58 Å². The fourth-order valence-electron chi connectivity index (χ4n) is 1.57. The van der Waals surface area contributed by atoms with Gasteiger partial charge in [0.25, 0.3) is 0 Å². The first-order chi connectivity index (χ1) is 5.59. The van der Waals surface area contributed by atoms with E-state index in [1.54, 1.807) is 6.08 Å². The SMILES string of the molecule is C=C(C)[C@@H]1CCC(C)=CC(=O)C1. The van der Waals surface area contributed by atoms with Crippen molar-refractivity contribution in [2.45, 2.75) is 33.1 Å². The number of ketones is 1. The van der Waals surface area contributed by atoms with E-state index < -0.39 is 0 Å². The fourth-order valence-corrected chi connectivity index (χ4v) is 1.57. The van der Waals surface area contributed by atoms with Crippen molar-refractivity contribution >= 4 is 5.78 Å². The van der Waals surface area contributed by atoms with Crippen LogP contribution < -0.4 is 0 Å². The summed E-state index contributed by atoms with van der Waals surface area (Å²) in [6.45, 7) is 7.94. The van der Waals surface area contributed by atoms with Crippen LogP contribution in [0.2, 0.25) is 0 Å². The molecule has 66 valence electrons. The molecule has 1 aliphatic rings. The van der Waals surface area contributed by atoms with Crippen LogP contribution in [0.3, 0.4) is 0 Å². The fraction of sp³-hybridized carbons (Fsp3) is 0.545. The van der Waals surface area contributed by atoms with Gasteiger partial charge in [0, 0.05) is 6.42 Å². The molecular weight excluding hydrogens is 148 g/mol. The van der Waals surface area contributed by atoms with Crippen molar-refractivity contribution in [1.29, 1.82) is 0 Å². The lowest BCUT2D eigenvalue weighted by atomic mass is 9.93. The van der Waals surface area contributed by atoms with Gasteiger partial charge < -0.3 is 0 Å². The summed E-state index contributed by atoms with van der Waals surface area (Å²) >= 11 is 0. The van der Waals surface area contributed by atoms with E-state index in [9.17, 15) is 4.79 Å². The van der Waals surface area contributed by atoms with E-state index in [0.29, 0.717) is 12.3 Å². The summed E-state index contributed by atoms with van der Waals surface area (Å²) in [5.74, 6) is 0.671. The van der Waals surface area contributed by atoms with E-state index in [1.165, 1.54) is 5.57 Å². The van der Waals surface area contributed by atoms with Crippen LogP contribution >= 0.6 is 0 Å². The Hall–Kier alpha value is -0.850. The topological polar surface area (TPSA) is 17.1 Å². The summed E-state index contributed by atoms with van der Waals surface area (Å²) in [4.78, 5) is 11.3. The van der Waals surface area contributed by atoms with Crippen molar-refractivity contribution < 1.29 is 4.79 Å². The molecule has 0 saturated heterocycles. The van der Waals surface area contributed by atoms with Crippen molar-refractivity contribution in [3.8, 4) is 0 Å². The first kappa shape index (κ1) is 9.24. The average Bonchev–Trinajstić information content (AvgIpc) is 2.11. The first-order valence-corrected chi connectivity index (χ1v) is 4.45. The normalized spacial score (nSPS) is 24.7. The van der Waals surface area contributed by atoms with E-state index in [0.717, 1.165) is 18.4 Å². The Bertz CT molecular complexity index is 235. The van der Waals surface area contributed by atoms with Crippen LogP contribution in [0.25, 0.3) is 0 Å². The van der Waals surface area contributed by atoms with Crippen LogP contribution in [-0.4, -0.2) is 5.78 Å².